The molecule has 1 aromatic carbocycles. The van der Waals surface area contributed by atoms with Crippen LogP contribution < -0.4 is 4.73 Å². The summed E-state index contributed by atoms with van der Waals surface area (Å²) in [6.45, 7) is 3.91. The van der Waals surface area contributed by atoms with Gasteiger partial charge in [-0.25, -0.2) is 4.98 Å². The first-order chi connectivity index (χ1) is 12.0. The molecular weight excluding hydrogens is 342 g/mol. The molecule has 0 radical (unpaired) electrons. The second-order valence-corrected chi connectivity index (χ2v) is 7.04. The zero-order valence-electron chi connectivity index (χ0n) is 13.6. The van der Waals surface area contributed by atoms with Crippen molar-refractivity contribution in [2.75, 3.05) is 0 Å². The van der Waals surface area contributed by atoms with Crippen molar-refractivity contribution in [2.24, 2.45) is 5.92 Å². The number of benzene rings is 1. The van der Waals surface area contributed by atoms with Crippen molar-refractivity contribution in [2.45, 2.75) is 26.2 Å². The number of aryl methyl sites for hydroxylation is 1. The summed E-state index contributed by atoms with van der Waals surface area (Å²) in [6.07, 6.45) is 2.74. The van der Waals surface area contributed by atoms with Crippen molar-refractivity contribution in [3.8, 4) is 11.6 Å². The van der Waals surface area contributed by atoms with E-state index in [1.807, 2.05) is 4.40 Å². The number of fused-ring (bicyclic) bond motifs is 3. The molecule has 7 nitrogen and oxygen atoms in total. The summed E-state index contributed by atoms with van der Waals surface area (Å²) in [5, 5.41) is 17.3. The van der Waals surface area contributed by atoms with E-state index in [-0.39, 0.29) is 0 Å². The summed E-state index contributed by atoms with van der Waals surface area (Å²) < 4.78 is 8.14. The minimum Gasteiger partial charge on any atom is -0.618 e. The number of aromatic nitrogens is 5. The summed E-state index contributed by atoms with van der Waals surface area (Å²) in [5.74, 6) is 2.00. The van der Waals surface area contributed by atoms with E-state index in [9.17, 15) is 5.21 Å². The fourth-order valence-electron chi connectivity index (χ4n) is 3.34. The standard InChI is InChI=1S/C17H14ClN5O2/c1-8-5-11(8)16-20-17(25-21-16)14-15-9(2)23(24)13-6-10(18)3-4-12(13)22(15)7-19-14/h3-4,6-8,11H,5H2,1-2H3. The molecule has 1 aliphatic rings. The largest absolute Gasteiger partial charge is 0.618 e. The van der Waals surface area contributed by atoms with Gasteiger partial charge in [-0.3, -0.25) is 4.40 Å². The molecule has 1 saturated carbocycles. The molecule has 0 spiro atoms. The Kier molecular flexibility index (Phi) is 2.88. The van der Waals surface area contributed by atoms with Crippen LogP contribution in [0, 0.1) is 18.0 Å². The molecule has 5 rings (SSSR count). The zero-order chi connectivity index (χ0) is 17.3. The smallest absolute Gasteiger partial charge is 0.279 e. The molecule has 1 fully saturated rings. The van der Waals surface area contributed by atoms with Gasteiger partial charge in [-0.15, -0.1) is 0 Å². The Bertz CT molecular complexity index is 1150. The molecule has 4 aromatic rings. The maximum atomic E-state index is 12.7. The van der Waals surface area contributed by atoms with Gasteiger partial charge in [0.2, 0.25) is 11.2 Å². The molecule has 0 amide bonds. The summed E-state index contributed by atoms with van der Waals surface area (Å²) in [5.41, 5.74) is 2.88. The number of halogens is 1. The van der Waals surface area contributed by atoms with E-state index in [4.69, 9.17) is 16.1 Å². The van der Waals surface area contributed by atoms with E-state index in [0.29, 0.717) is 56.5 Å². The first kappa shape index (κ1) is 14.7. The second kappa shape index (κ2) is 4.92. The van der Waals surface area contributed by atoms with Crippen LogP contribution in [-0.2, 0) is 0 Å². The van der Waals surface area contributed by atoms with Gasteiger partial charge < -0.3 is 9.73 Å². The van der Waals surface area contributed by atoms with Crippen LogP contribution in [-0.4, -0.2) is 19.5 Å². The Morgan fingerprint density at radius 2 is 2.20 bits per heavy atom. The van der Waals surface area contributed by atoms with E-state index >= 15 is 0 Å². The summed E-state index contributed by atoms with van der Waals surface area (Å²) in [7, 11) is 0. The third-order valence-electron chi connectivity index (χ3n) is 4.92. The lowest BCUT2D eigenvalue weighted by atomic mass is 10.2. The number of nitrogens with zero attached hydrogens (tertiary/aromatic N) is 5. The van der Waals surface area contributed by atoms with E-state index in [2.05, 4.69) is 22.0 Å². The molecule has 0 aliphatic heterocycles. The molecule has 0 saturated heterocycles. The minimum atomic E-state index is 0.341. The van der Waals surface area contributed by atoms with Gasteiger partial charge in [-0.05, 0) is 24.5 Å². The van der Waals surface area contributed by atoms with Crippen LogP contribution in [0.3, 0.4) is 0 Å². The zero-order valence-corrected chi connectivity index (χ0v) is 14.4. The lowest BCUT2D eigenvalue weighted by Crippen LogP contribution is -2.32. The maximum Gasteiger partial charge on any atom is 0.279 e. The van der Waals surface area contributed by atoms with Gasteiger partial charge in [-0.1, -0.05) is 23.7 Å². The Morgan fingerprint density at radius 1 is 1.40 bits per heavy atom. The Morgan fingerprint density at radius 3 is 2.96 bits per heavy atom. The summed E-state index contributed by atoms with van der Waals surface area (Å²) >= 11 is 6.03. The van der Waals surface area contributed by atoms with Gasteiger partial charge in [0.15, 0.2) is 11.5 Å². The third-order valence-corrected chi connectivity index (χ3v) is 5.15. The van der Waals surface area contributed by atoms with Crippen molar-refractivity contribution < 1.29 is 9.25 Å². The number of hydrogen-bond acceptors (Lipinski definition) is 5. The van der Waals surface area contributed by atoms with Crippen LogP contribution in [0.15, 0.2) is 29.0 Å². The quantitative estimate of drug-likeness (QED) is 0.407. The van der Waals surface area contributed by atoms with Gasteiger partial charge in [0, 0.05) is 23.9 Å². The van der Waals surface area contributed by atoms with Gasteiger partial charge >= 0.3 is 0 Å². The predicted molar refractivity (Wildman–Crippen MR) is 91.2 cm³/mol. The van der Waals surface area contributed by atoms with E-state index < -0.39 is 0 Å². The average Bonchev–Trinajstić information content (AvgIpc) is 3.03. The number of rotatable bonds is 2. The molecule has 8 heteroatoms. The molecule has 2 unspecified atom stereocenters. The highest BCUT2D eigenvalue weighted by Gasteiger charge is 2.38. The molecule has 1 aliphatic carbocycles. The predicted octanol–water partition coefficient (Wildman–Crippen LogP) is 3.26. The lowest BCUT2D eigenvalue weighted by Gasteiger charge is -2.08. The van der Waals surface area contributed by atoms with Crippen molar-refractivity contribution in [3.05, 3.63) is 46.3 Å². The van der Waals surface area contributed by atoms with Gasteiger partial charge in [0.05, 0.1) is 0 Å². The number of imidazole rings is 1. The average molecular weight is 356 g/mol. The first-order valence-electron chi connectivity index (χ1n) is 8.07. The highest BCUT2D eigenvalue weighted by molar-refractivity contribution is 6.31. The molecule has 0 bridgehead atoms. The van der Waals surface area contributed by atoms with Crippen molar-refractivity contribution in [1.82, 2.24) is 19.5 Å². The normalized spacial score (nSPS) is 19.8. The lowest BCUT2D eigenvalue weighted by molar-refractivity contribution is -0.583. The van der Waals surface area contributed by atoms with Crippen LogP contribution in [0.2, 0.25) is 5.02 Å². The molecule has 126 valence electrons. The van der Waals surface area contributed by atoms with Gasteiger partial charge in [-0.2, -0.15) is 9.71 Å². The van der Waals surface area contributed by atoms with Crippen LogP contribution in [0.1, 0.15) is 30.8 Å². The van der Waals surface area contributed by atoms with Crippen LogP contribution in [0.5, 0.6) is 0 Å². The highest BCUT2D eigenvalue weighted by atomic mass is 35.5. The molecule has 0 N–H and O–H groups in total. The van der Waals surface area contributed by atoms with Gasteiger partial charge in [0.25, 0.3) is 5.89 Å². The van der Waals surface area contributed by atoms with Crippen LogP contribution in [0.4, 0.5) is 0 Å². The molecule has 25 heavy (non-hydrogen) atoms. The van der Waals surface area contributed by atoms with E-state index in [0.717, 1.165) is 11.2 Å². The third kappa shape index (κ3) is 2.05. The highest BCUT2D eigenvalue weighted by Crippen LogP contribution is 2.45. The molecule has 3 aromatic heterocycles. The fourth-order valence-corrected chi connectivity index (χ4v) is 3.50. The van der Waals surface area contributed by atoms with E-state index in [1.165, 1.54) is 0 Å². The Balaban J connectivity index is 1.76. The fraction of sp³-hybridized carbons (Fsp3) is 0.294. The molecule has 2 atom stereocenters. The molecular formula is C17H14ClN5O2. The first-order valence-corrected chi connectivity index (χ1v) is 8.45. The second-order valence-electron chi connectivity index (χ2n) is 6.60. The number of hydrogen-bond donors (Lipinski definition) is 0. The molecule has 3 heterocycles. The SMILES string of the molecule is Cc1c2c(-c3nc(C4CC4C)no3)ncn2c2ccc(Cl)cc2[n+]1[O-]. The van der Waals surface area contributed by atoms with Crippen LogP contribution >= 0.6 is 11.6 Å². The Labute approximate surface area is 147 Å². The maximum absolute atomic E-state index is 12.7. The van der Waals surface area contributed by atoms with Crippen molar-refractivity contribution in [1.29, 1.82) is 0 Å². The van der Waals surface area contributed by atoms with Crippen molar-refractivity contribution >= 4 is 28.2 Å². The van der Waals surface area contributed by atoms with Crippen molar-refractivity contribution in [3.63, 3.8) is 0 Å². The minimum absolute atomic E-state index is 0.341. The monoisotopic (exact) mass is 355 g/mol. The van der Waals surface area contributed by atoms with Gasteiger partial charge in [0.1, 0.15) is 17.4 Å². The summed E-state index contributed by atoms with van der Waals surface area (Å²) in [4.78, 5) is 8.93. The Hall–Kier alpha value is -2.67. The van der Waals surface area contributed by atoms with E-state index in [1.54, 1.807) is 31.5 Å². The van der Waals surface area contributed by atoms with Crippen LogP contribution in [0.25, 0.3) is 28.1 Å². The topological polar surface area (TPSA) is 83.2 Å². The summed E-state index contributed by atoms with van der Waals surface area (Å²) in [6, 6.07) is 5.20.